The molecule has 0 bridgehead atoms. The molecule has 5 N–H and O–H groups in total. The van der Waals surface area contributed by atoms with Crippen LogP contribution in [0.25, 0.3) is 0 Å². The van der Waals surface area contributed by atoms with Gasteiger partial charge in [-0.2, -0.15) is 5.10 Å². The molecule has 5 unspecified atom stereocenters. The first-order chi connectivity index (χ1) is 11.3. The SMILES string of the molecule is CC1CC(C)C(=NNC(N)=O)C(C(O)CC2CCC(=O)NC2=O)C1. The van der Waals surface area contributed by atoms with Crippen LogP contribution in [0.4, 0.5) is 4.79 Å². The minimum Gasteiger partial charge on any atom is -0.392 e. The van der Waals surface area contributed by atoms with Crippen LogP contribution in [0.2, 0.25) is 0 Å². The van der Waals surface area contributed by atoms with Gasteiger partial charge in [-0.3, -0.25) is 14.9 Å². The van der Waals surface area contributed by atoms with Crippen molar-refractivity contribution >= 4 is 23.6 Å². The molecule has 4 amide bonds. The van der Waals surface area contributed by atoms with Crippen molar-refractivity contribution < 1.29 is 19.5 Å². The fraction of sp³-hybridized carbons (Fsp3) is 0.750. The third kappa shape index (κ3) is 4.53. The summed E-state index contributed by atoms with van der Waals surface area (Å²) in [5.41, 5.74) is 8.05. The summed E-state index contributed by atoms with van der Waals surface area (Å²) in [4.78, 5) is 34.1. The van der Waals surface area contributed by atoms with Gasteiger partial charge in [0.2, 0.25) is 11.8 Å². The lowest BCUT2D eigenvalue weighted by atomic mass is 9.71. The van der Waals surface area contributed by atoms with Gasteiger partial charge in [-0.15, -0.1) is 0 Å². The Morgan fingerprint density at radius 3 is 2.75 bits per heavy atom. The Kier molecular flexibility index (Phi) is 5.93. The number of aliphatic hydroxyl groups excluding tert-OH is 1. The third-order valence-electron chi connectivity index (χ3n) is 4.94. The van der Waals surface area contributed by atoms with Crippen LogP contribution in [0.15, 0.2) is 5.10 Å². The van der Waals surface area contributed by atoms with Crippen LogP contribution in [0.1, 0.15) is 46.0 Å². The Labute approximate surface area is 141 Å². The molecule has 1 aliphatic heterocycles. The first-order valence-corrected chi connectivity index (χ1v) is 8.42. The van der Waals surface area contributed by atoms with E-state index in [4.69, 9.17) is 5.73 Å². The van der Waals surface area contributed by atoms with Gasteiger partial charge in [0.15, 0.2) is 0 Å². The van der Waals surface area contributed by atoms with Gasteiger partial charge in [0, 0.05) is 24.0 Å². The lowest BCUT2D eigenvalue weighted by Crippen LogP contribution is -2.45. The smallest absolute Gasteiger partial charge is 0.332 e. The number of amides is 4. The van der Waals surface area contributed by atoms with E-state index in [0.29, 0.717) is 24.5 Å². The fourth-order valence-corrected chi connectivity index (χ4v) is 3.83. The molecule has 0 aromatic carbocycles. The number of carbonyl (C=O) groups excluding carboxylic acids is 3. The second kappa shape index (κ2) is 7.74. The van der Waals surface area contributed by atoms with Crippen molar-refractivity contribution in [2.24, 2.45) is 34.5 Å². The molecule has 2 fully saturated rings. The van der Waals surface area contributed by atoms with Crippen molar-refractivity contribution in [3.63, 3.8) is 0 Å². The van der Waals surface area contributed by atoms with Crippen LogP contribution >= 0.6 is 0 Å². The highest BCUT2D eigenvalue weighted by Gasteiger charge is 2.38. The maximum atomic E-state index is 11.9. The normalized spacial score (nSPS) is 33.9. The molecule has 1 saturated carbocycles. The van der Waals surface area contributed by atoms with E-state index in [-0.39, 0.29) is 36.0 Å². The highest BCUT2D eigenvalue weighted by Crippen LogP contribution is 2.35. The number of piperidine rings is 1. The lowest BCUT2D eigenvalue weighted by molar-refractivity contribution is -0.137. The van der Waals surface area contributed by atoms with Crippen LogP contribution in [0, 0.1) is 23.7 Å². The van der Waals surface area contributed by atoms with E-state index in [2.05, 4.69) is 22.8 Å². The highest BCUT2D eigenvalue weighted by molar-refractivity contribution is 5.98. The monoisotopic (exact) mass is 338 g/mol. The minimum absolute atomic E-state index is 0.113. The molecule has 0 aromatic heterocycles. The van der Waals surface area contributed by atoms with Crippen LogP contribution < -0.4 is 16.5 Å². The summed E-state index contributed by atoms with van der Waals surface area (Å²) in [6.45, 7) is 4.11. The Morgan fingerprint density at radius 2 is 2.12 bits per heavy atom. The summed E-state index contributed by atoms with van der Waals surface area (Å²) >= 11 is 0. The van der Waals surface area contributed by atoms with Crippen LogP contribution in [-0.4, -0.2) is 34.8 Å². The molecule has 0 spiro atoms. The molecule has 24 heavy (non-hydrogen) atoms. The predicted molar refractivity (Wildman–Crippen MR) is 87.7 cm³/mol. The molecular formula is C16H26N4O4. The van der Waals surface area contributed by atoms with E-state index in [1.165, 1.54) is 0 Å². The molecule has 8 nitrogen and oxygen atoms in total. The highest BCUT2D eigenvalue weighted by atomic mass is 16.3. The van der Waals surface area contributed by atoms with E-state index >= 15 is 0 Å². The standard InChI is InChI=1S/C16H26N4O4/c1-8-5-9(2)14(19-20-16(17)24)11(6-8)12(21)7-10-3-4-13(22)18-15(10)23/h8-12,21H,3-7H2,1-2H3,(H3,17,20,24)(H,18,22,23). The molecular weight excluding hydrogens is 312 g/mol. The number of hydrogen-bond donors (Lipinski definition) is 4. The van der Waals surface area contributed by atoms with Crippen molar-refractivity contribution in [3.05, 3.63) is 0 Å². The van der Waals surface area contributed by atoms with E-state index in [1.807, 2.05) is 6.92 Å². The van der Waals surface area contributed by atoms with E-state index in [0.717, 1.165) is 12.8 Å². The van der Waals surface area contributed by atoms with Gasteiger partial charge >= 0.3 is 6.03 Å². The van der Waals surface area contributed by atoms with E-state index in [9.17, 15) is 19.5 Å². The number of hydrazone groups is 1. The van der Waals surface area contributed by atoms with Crippen molar-refractivity contribution in [2.45, 2.75) is 52.1 Å². The number of carbonyl (C=O) groups is 3. The summed E-state index contributed by atoms with van der Waals surface area (Å²) in [6, 6.07) is -0.744. The average molecular weight is 338 g/mol. The number of aliphatic hydroxyl groups is 1. The Bertz CT molecular complexity index is 548. The van der Waals surface area contributed by atoms with Crippen molar-refractivity contribution in [2.75, 3.05) is 0 Å². The third-order valence-corrected chi connectivity index (χ3v) is 4.94. The van der Waals surface area contributed by atoms with Gasteiger partial charge in [-0.1, -0.05) is 13.8 Å². The summed E-state index contributed by atoms with van der Waals surface area (Å²) in [5, 5.41) is 17.1. The van der Waals surface area contributed by atoms with Crippen LogP contribution in [-0.2, 0) is 9.59 Å². The molecule has 0 radical (unpaired) electrons. The Balaban J connectivity index is 2.09. The molecule has 5 atom stereocenters. The quantitative estimate of drug-likeness (QED) is 0.438. The maximum Gasteiger partial charge on any atom is 0.332 e. The Hall–Kier alpha value is -1.96. The number of imide groups is 1. The van der Waals surface area contributed by atoms with Gasteiger partial charge in [-0.25, -0.2) is 10.2 Å². The van der Waals surface area contributed by atoms with Gasteiger partial charge in [0.05, 0.1) is 6.10 Å². The summed E-state index contributed by atoms with van der Waals surface area (Å²) in [7, 11) is 0. The minimum atomic E-state index is -0.757. The van der Waals surface area contributed by atoms with E-state index < -0.39 is 12.1 Å². The number of hydrogen-bond acceptors (Lipinski definition) is 5. The summed E-state index contributed by atoms with van der Waals surface area (Å²) in [6.07, 6.45) is 1.92. The molecule has 1 saturated heterocycles. The molecule has 1 aliphatic carbocycles. The maximum absolute atomic E-state index is 11.9. The largest absolute Gasteiger partial charge is 0.392 e. The summed E-state index contributed by atoms with van der Waals surface area (Å²) < 4.78 is 0. The summed E-state index contributed by atoms with van der Waals surface area (Å²) in [5.74, 6) is -0.679. The van der Waals surface area contributed by atoms with Crippen LogP contribution in [0.3, 0.4) is 0 Å². The first-order valence-electron chi connectivity index (χ1n) is 8.42. The van der Waals surface area contributed by atoms with Gasteiger partial charge < -0.3 is 10.8 Å². The predicted octanol–water partition coefficient (Wildman–Crippen LogP) is 0.497. The number of urea groups is 1. The molecule has 2 rings (SSSR count). The fourth-order valence-electron chi connectivity index (χ4n) is 3.83. The zero-order valence-corrected chi connectivity index (χ0v) is 14.1. The molecule has 8 heteroatoms. The topological polar surface area (TPSA) is 134 Å². The first kappa shape index (κ1) is 18.4. The molecule has 0 aromatic rings. The zero-order chi connectivity index (χ0) is 17.9. The molecule has 134 valence electrons. The number of nitrogens with zero attached hydrogens (tertiary/aromatic N) is 1. The van der Waals surface area contributed by atoms with Crippen LogP contribution in [0.5, 0.6) is 0 Å². The van der Waals surface area contributed by atoms with E-state index in [1.54, 1.807) is 0 Å². The number of nitrogens with two attached hydrogens (primary N) is 1. The van der Waals surface area contributed by atoms with Gasteiger partial charge in [0.1, 0.15) is 0 Å². The second-order valence-electron chi connectivity index (χ2n) is 7.05. The van der Waals surface area contributed by atoms with Crippen molar-refractivity contribution in [1.29, 1.82) is 0 Å². The van der Waals surface area contributed by atoms with Crippen molar-refractivity contribution in [3.8, 4) is 0 Å². The zero-order valence-electron chi connectivity index (χ0n) is 14.1. The van der Waals surface area contributed by atoms with Gasteiger partial charge in [0.25, 0.3) is 0 Å². The number of rotatable bonds is 4. The second-order valence-corrected chi connectivity index (χ2v) is 7.05. The Morgan fingerprint density at radius 1 is 1.42 bits per heavy atom. The van der Waals surface area contributed by atoms with Gasteiger partial charge in [-0.05, 0) is 37.5 Å². The number of nitrogens with one attached hydrogen (secondary N) is 2. The lowest BCUT2D eigenvalue weighted by Gasteiger charge is -2.37. The molecule has 1 heterocycles. The number of primary amides is 1. The van der Waals surface area contributed by atoms with Crippen molar-refractivity contribution in [1.82, 2.24) is 10.7 Å². The average Bonchev–Trinajstić information content (AvgIpc) is 2.48. The molecule has 2 aliphatic rings.